The summed E-state index contributed by atoms with van der Waals surface area (Å²) < 4.78 is 7.05. The van der Waals surface area contributed by atoms with Crippen LogP contribution in [0.25, 0.3) is 5.69 Å². The molecule has 32 heavy (non-hydrogen) atoms. The number of amides is 2. The molecule has 1 saturated carbocycles. The minimum Gasteiger partial charge on any atom is -0.343 e. The van der Waals surface area contributed by atoms with E-state index in [1.165, 1.54) is 13.3 Å². The molecule has 2 heterocycles. The lowest BCUT2D eigenvalue weighted by Crippen LogP contribution is -2.45. The summed E-state index contributed by atoms with van der Waals surface area (Å²) in [5.74, 6) is 0.649. The number of hydrogen-bond donors (Lipinski definition) is 2. The molecule has 2 N–H and O–H groups in total. The smallest absolute Gasteiger partial charge is 0.227 e. The summed E-state index contributed by atoms with van der Waals surface area (Å²) in [7, 11) is 0. The molecule has 3 aromatic rings. The lowest BCUT2D eigenvalue weighted by Gasteiger charge is -2.30. The normalized spacial score (nSPS) is 15.7. The van der Waals surface area contributed by atoms with E-state index >= 15 is 0 Å². The molecular weight excluding hydrogens is 410 g/mol. The molecule has 2 aromatic heterocycles. The van der Waals surface area contributed by atoms with Gasteiger partial charge in [0.2, 0.25) is 17.7 Å². The predicted octanol–water partition coefficient (Wildman–Crippen LogP) is 2.91. The fourth-order valence-corrected chi connectivity index (χ4v) is 4.11. The Morgan fingerprint density at radius 2 is 1.88 bits per heavy atom. The largest absolute Gasteiger partial charge is 0.343 e. The Morgan fingerprint density at radius 3 is 2.53 bits per heavy atom. The molecule has 168 valence electrons. The van der Waals surface area contributed by atoms with E-state index in [2.05, 4.69) is 30.9 Å². The lowest BCUT2D eigenvalue weighted by atomic mass is 9.89. The monoisotopic (exact) mass is 437 g/mol. The highest BCUT2D eigenvalue weighted by Gasteiger charge is 2.38. The second-order valence-corrected chi connectivity index (χ2v) is 8.12. The molecule has 4 rings (SSSR count). The number of aryl methyl sites for hydroxylation is 1. The predicted molar refractivity (Wildman–Crippen MR) is 116 cm³/mol. The number of nitrogens with zero attached hydrogens (tertiary/aromatic N) is 5. The maximum absolute atomic E-state index is 12.4. The Morgan fingerprint density at radius 1 is 1.12 bits per heavy atom. The van der Waals surface area contributed by atoms with Crippen LogP contribution in [0.5, 0.6) is 0 Å². The summed E-state index contributed by atoms with van der Waals surface area (Å²) >= 11 is 0. The molecule has 0 saturated heterocycles. The van der Waals surface area contributed by atoms with Gasteiger partial charge in [-0.2, -0.15) is 10.1 Å². The minimum absolute atomic E-state index is 0.104. The number of anilines is 1. The Bertz CT molecular complexity index is 1040. The van der Waals surface area contributed by atoms with Crippen LogP contribution >= 0.6 is 0 Å². The summed E-state index contributed by atoms with van der Waals surface area (Å²) in [5.41, 5.74) is 0.955. The molecule has 2 amide bonds. The summed E-state index contributed by atoms with van der Waals surface area (Å²) in [6, 6.07) is 7.32. The first-order chi connectivity index (χ1) is 15.5. The molecule has 0 aliphatic heterocycles. The topological polar surface area (TPSA) is 128 Å². The van der Waals surface area contributed by atoms with Gasteiger partial charge in [-0.05, 0) is 37.1 Å². The molecule has 1 aliphatic rings. The van der Waals surface area contributed by atoms with Crippen molar-refractivity contribution in [2.45, 2.75) is 63.8 Å². The Labute approximate surface area is 185 Å². The number of carbonyl (C=O) groups is 2. The molecular formula is C22H27N7O3. The summed E-state index contributed by atoms with van der Waals surface area (Å²) in [4.78, 5) is 32.7. The van der Waals surface area contributed by atoms with Crippen LogP contribution < -0.4 is 10.6 Å². The fourth-order valence-electron chi connectivity index (χ4n) is 4.11. The van der Waals surface area contributed by atoms with Gasteiger partial charge >= 0.3 is 0 Å². The van der Waals surface area contributed by atoms with Crippen LogP contribution in [0.3, 0.4) is 0 Å². The van der Waals surface area contributed by atoms with Crippen LogP contribution in [0.1, 0.15) is 63.6 Å². The molecule has 0 bridgehead atoms. The molecule has 10 heteroatoms. The number of benzene rings is 1. The fraction of sp³-hybridized carbons (Fsp3) is 0.455. The van der Waals surface area contributed by atoms with Crippen molar-refractivity contribution in [1.29, 1.82) is 0 Å². The first kappa shape index (κ1) is 21.7. The quantitative estimate of drug-likeness (QED) is 0.544. The van der Waals surface area contributed by atoms with E-state index < -0.39 is 5.54 Å². The van der Waals surface area contributed by atoms with E-state index in [4.69, 9.17) is 4.52 Å². The highest BCUT2D eigenvalue weighted by atomic mass is 16.5. The number of hydrogen-bond acceptors (Lipinski definition) is 7. The van der Waals surface area contributed by atoms with Crippen LogP contribution in [0.2, 0.25) is 0 Å². The number of carbonyl (C=O) groups excluding carboxylic acids is 2. The minimum atomic E-state index is -0.585. The van der Waals surface area contributed by atoms with Crippen molar-refractivity contribution < 1.29 is 14.1 Å². The molecule has 1 aromatic carbocycles. The highest BCUT2D eigenvalue weighted by Crippen LogP contribution is 2.34. The van der Waals surface area contributed by atoms with Gasteiger partial charge in [-0.1, -0.05) is 30.8 Å². The summed E-state index contributed by atoms with van der Waals surface area (Å²) in [6.45, 7) is 1.51. The zero-order valence-corrected chi connectivity index (χ0v) is 18.1. The van der Waals surface area contributed by atoms with Crippen LogP contribution in [-0.2, 0) is 21.5 Å². The van der Waals surface area contributed by atoms with Gasteiger partial charge in [0.15, 0.2) is 5.82 Å². The maximum atomic E-state index is 12.4. The molecule has 0 radical (unpaired) electrons. The van der Waals surface area contributed by atoms with Crippen molar-refractivity contribution >= 4 is 17.5 Å². The van der Waals surface area contributed by atoms with E-state index in [0.29, 0.717) is 23.8 Å². The second kappa shape index (κ2) is 9.71. The van der Waals surface area contributed by atoms with Crippen molar-refractivity contribution in [2.75, 3.05) is 5.32 Å². The zero-order valence-electron chi connectivity index (χ0n) is 18.1. The Kier molecular flexibility index (Phi) is 6.58. The van der Waals surface area contributed by atoms with Gasteiger partial charge in [0.25, 0.3) is 0 Å². The van der Waals surface area contributed by atoms with Crippen molar-refractivity contribution in [1.82, 2.24) is 30.2 Å². The average molecular weight is 438 g/mol. The molecule has 1 aliphatic carbocycles. The SMILES string of the molecule is CC(=O)NC1(c2noc(CCC(=O)Nc3ccc(-n4cncn4)cc3)n2)CCCCCC1. The van der Waals surface area contributed by atoms with E-state index in [-0.39, 0.29) is 18.2 Å². The van der Waals surface area contributed by atoms with Gasteiger partial charge in [-0.15, -0.1) is 0 Å². The molecule has 0 unspecified atom stereocenters. The van der Waals surface area contributed by atoms with Gasteiger partial charge in [0.1, 0.15) is 18.2 Å². The Hall–Kier alpha value is -3.56. The second-order valence-electron chi connectivity index (χ2n) is 8.12. The molecule has 10 nitrogen and oxygen atoms in total. The van der Waals surface area contributed by atoms with Crippen LogP contribution in [0.15, 0.2) is 41.4 Å². The van der Waals surface area contributed by atoms with Gasteiger partial charge in [0, 0.05) is 25.5 Å². The summed E-state index contributed by atoms with van der Waals surface area (Å²) in [6.07, 6.45) is 9.45. The van der Waals surface area contributed by atoms with Gasteiger partial charge in [-0.25, -0.2) is 9.67 Å². The van der Waals surface area contributed by atoms with Crippen molar-refractivity contribution in [3.8, 4) is 5.69 Å². The van der Waals surface area contributed by atoms with E-state index in [0.717, 1.165) is 44.2 Å². The van der Waals surface area contributed by atoms with E-state index in [1.807, 2.05) is 24.3 Å². The maximum Gasteiger partial charge on any atom is 0.227 e. The van der Waals surface area contributed by atoms with E-state index in [9.17, 15) is 9.59 Å². The molecule has 0 atom stereocenters. The average Bonchev–Trinajstić information content (AvgIpc) is 3.43. The zero-order chi connectivity index (χ0) is 22.4. The third-order valence-electron chi connectivity index (χ3n) is 5.67. The van der Waals surface area contributed by atoms with Crippen molar-refractivity contribution in [3.63, 3.8) is 0 Å². The molecule has 1 fully saturated rings. The van der Waals surface area contributed by atoms with Crippen LogP contribution in [-0.4, -0.2) is 36.7 Å². The first-order valence-electron chi connectivity index (χ1n) is 10.9. The standard InChI is InChI=1S/C22H27N7O3/c1-16(30)27-22(12-4-2-3-5-13-22)21-26-20(32-28-21)11-10-19(31)25-17-6-8-18(9-7-17)29-15-23-14-24-29/h6-9,14-15H,2-5,10-13H2,1H3,(H,25,31)(H,27,30). The van der Waals surface area contributed by atoms with Gasteiger partial charge in [-0.3, -0.25) is 9.59 Å². The van der Waals surface area contributed by atoms with Crippen LogP contribution in [0.4, 0.5) is 5.69 Å². The number of rotatable bonds is 7. The third kappa shape index (κ3) is 5.19. The van der Waals surface area contributed by atoms with Crippen molar-refractivity contribution in [3.05, 3.63) is 48.6 Å². The van der Waals surface area contributed by atoms with Gasteiger partial charge < -0.3 is 15.2 Å². The summed E-state index contributed by atoms with van der Waals surface area (Å²) in [5, 5.41) is 14.2. The van der Waals surface area contributed by atoms with Crippen molar-refractivity contribution in [2.24, 2.45) is 0 Å². The van der Waals surface area contributed by atoms with Crippen LogP contribution in [0, 0.1) is 0 Å². The molecule has 0 spiro atoms. The lowest BCUT2D eigenvalue weighted by molar-refractivity contribution is -0.121. The first-order valence-corrected chi connectivity index (χ1v) is 10.9. The highest BCUT2D eigenvalue weighted by molar-refractivity contribution is 5.90. The van der Waals surface area contributed by atoms with E-state index in [1.54, 1.807) is 11.0 Å². The Balaban J connectivity index is 1.35. The number of nitrogens with one attached hydrogen (secondary N) is 2. The number of aromatic nitrogens is 5. The van der Waals surface area contributed by atoms with Gasteiger partial charge in [0.05, 0.1) is 5.69 Å². The third-order valence-corrected chi connectivity index (χ3v) is 5.67.